The lowest BCUT2D eigenvalue weighted by molar-refractivity contribution is 0.105. The highest BCUT2D eigenvalue weighted by Gasteiger charge is 2.37. The molecular weight excluding hydrogens is 236 g/mol. The summed E-state index contributed by atoms with van der Waals surface area (Å²) in [5.74, 6) is 0.625. The van der Waals surface area contributed by atoms with Gasteiger partial charge >= 0.3 is 0 Å². The molecule has 0 bridgehead atoms. The number of thiocarbonyl (C=S) groups is 1. The maximum absolute atomic E-state index is 5.66. The van der Waals surface area contributed by atoms with Crippen molar-refractivity contribution in [3.05, 3.63) is 17.8 Å². The summed E-state index contributed by atoms with van der Waals surface area (Å²) in [5, 5.41) is 11.3. The van der Waals surface area contributed by atoms with Gasteiger partial charge in [-0.05, 0) is 26.3 Å². The molecule has 17 heavy (non-hydrogen) atoms. The van der Waals surface area contributed by atoms with Gasteiger partial charge in [0.1, 0.15) is 4.99 Å². The fraction of sp³-hybridized carbons (Fsp3) is 0.545. The van der Waals surface area contributed by atoms with Crippen LogP contribution < -0.4 is 11.1 Å². The zero-order chi connectivity index (χ0) is 12.5. The third-order valence-electron chi connectivity index (χ3n) is 3.28. The van der Waals surface area contributed by atoms with Crippen LogP contribution in [0.25, 0.3) is 0 Å². The lowest BCUT2D eigenvalue weighted by Gasteiger charge is -2.29. The summed E-state index contributed by atoms with van der Waals surface area (Å²) < 4.78 is 5.57. The van der Waals surface area contributed by atoms with E-state index in [-0.39, 0.29) is 11.6 Å². The molecule has 5 nitrogen and oxygen atoms in total. The lowest BCUT2D eigenvalue weighted by atomic mass is 9.94. The van der Waals surface area contributed by atoms with Gasteiger partial charge in [-0.1, -0.05) is 12.2 Å². The molecular formula is C11H16N4OS. The van der Waals surface area contributed by atoms with Gasteiger partial charge in [-0.15, -0.1) is 5.10 Å². The molecule has 3 N–H and O–H groups in total. The highest BCUT2D eigenvalue weighted by atomic mass is 32.1. The van der Waals surface area contributed by atoms with E-state index in [0.717, 1.165) is 18.6 Å². The molecule has 2 atom stereocenters. The van der Waals surface area contributed by atoms with E-state index in [1.165, 1.54) is 0 Å². The van der Waals surface area contributed by atoms with E-state index in [2.05, 4.69) is 22.4 Å². The smallest absolute Gasteiger partial charge is 0.159 e. The van der Waals surface area contributed by atoms with Crippen molar-refractivity contribution >= 4 is 23.0 Å². The fourth-order valence-electron chi connectivity index (χ4n) is 1.89. The summed E-state index contributed by atoms with van der Waals surface area (Å²) in [6, 6.07) is 1.77. The molecule has 2 unspecified atom stereocenters. The van der Waals surface area contributed by atoms with Gasteiger partial charge in [0.25, 0.3) is 0 Å². The number of aromatic nitrogens is 2. The number of anilines is 1. The molecule has 0 aromatic carbocycles. The molecule has 1 aromatic rings. The number of hydrogen-bond acceptors (Lipinski definition) is 5. The average Bonchev–Trinajstić information content (AvgIpc) is 2.59. The summed E-state index contributed by atoms with van der Waals surface area (Å²) in [4.78, 5) is 0.317. The van der Waals surface area contributed by atoms with Crippen LogP contribution in [-0.2, 0) is 4.74 Å². The summed E-state index contributed by atoms with van der Waals surface area (Å²) in [6.45, 7) is 4.88. The van der Waals surface area contributed by atoms with Gasteiger partial charge in [-0.2, -0.15) is 5.10 Å². The lowest BCUT2D eigenvalue weighted by Crippen LogP contribution is -2.42. The third-order valence-corrected chi connectivity index (χ3v) is 3.50. The van der Waals surface area contributed by atoms with Gasteiger partial charge in [0, 0.05) is 6.61 Å². The molecule has 0 spiro atoms. The monoisotopic (exact) mass is 252 g/mol. The number of nitrogens with one attached hydrogen (secondary N) is 1. The molecule has 1 saturated heterocycles. The van der Waals surface area contributed by atoms with E-state index in [9.17, 15) is 0 Å². The number of nitrogens with zero attached hydrogens (tertiary/aromatic N) is 2. The molecule has 1 aliphatic heterocycles. The Bertz CT molecular complexity index is 439. The van der Waals surface area contributed by atoms with Crippen LogP contribution in [0.15, 0.2) is 12.3 Å². The van der Waals surface area contributed by atoms with Gasteiger partial charge in [-0.25, -0.2) is 0 Å². The van der Waals surface area contributed by atoms with E-state index < -0.39 is 0 Å². The van der Waals surface area contributed by atoms with E-state index >= 15 is 0 Å². The van der Waals surface area contributed by atoms with Gasteiger partial charge < -0.3 is 15.8 Å². The van der Waals surface area contributed by atoms with E-state index in [4.69, 9.17) is 22.7 Å². The van der Waals surface area contributed by atoms with E-state index in [1.54, 1.807) is 12.3 Å². The zero-order valence-electron chi connectivity index (χ0n) is 9.93. The van der Waals surface area contributed by atoms with Crippen molar-refractivity contribution < 1.29 is 4.74 Å². The van der Waals surface area contributed by atoms with Crippen molar-refractivity contribution in [2.45, 2.75) is 31.9 Å². The van der Waals surface area contributed by atoms with Crippen LogP contribution in [-0.4, -0.2) is 33.4 Å². The quantitative estimate of drug-likeness (QED) is 0.785. The molecule has 0 aliphatic carbocycles. The van der Waals surface area contributed by atoms with E-state index in [1.807, 2.05) is 6.92 Å². The second-order valence-electron chi connectivity index (χ2n) is 4.46. The molecule has 1 fully saturated rings. The Hall–Kier alpha value is -1.27. The first-order valence-corrected chi connectivity index (χ1v) is 5.95. The Morgan fingerprint density at radius 3 is 3.06 bits per heavy atom. The number of ether oxygens (including phenoxy) is 1. The van der Waals surface area contributed by atoms with Crippen molar-refractivity contribution in [3.8, 4) is 0 Å². The largest absolute Gasteiger partial charge is 0.389 e. The molecule has 0 amide bonds. The van der Waals surface area contributed by atoms with Crippen molar-refractivity contribution in [1.82, 2.24) is 10.2 Å². The number of rotatable bonds is 3. The molecule has 92 valence electrons. The summed E-state index contributed by atoms with van der Waals surface area (Å²) >= 11 is 5.00. The molecule has 2 heterocycles. The third kappa shape index (κ3) is 2.37. The van der Waals surface area contributed by atoms with Crippen LogP contribution in [0.5, 0.6) is 0 Å². The SMILES string of the molecule is CC1OCCC1(C)Nc1nnccc1C(N)=S. The molecule has 2 rings (SSSR count). The Kier molecular flexibility index (Phi) is 3.26. The summed E-state index contributed by atoms with van der Waals surface area (Å²) in [6.07, 6.45) is 2.61. The standard InChI is InChI=1S/C11H16N4OS/c1-7-11(2,4-6-16-7)14-10-8(9(12)17)3-5-13-15-10/h3,5,7H,4,6H2,1-2H3,(H2,12,17)(H,14,15). The second-order valence-corrected chi connectivity index (χ2v) is 4.90. The van der Waals surface area contributed by atoms with Crippen LogP contribution in [0.2, 0.25) is 0 Å². The highest BCUT2D eigenvalue weighted by molar-refractivity contribution is 7.80. The van der Waals surface area contributed by atoms with E-state index in [0.29, 0.717) is 10.8 Å². The normalized spacial score (nSPS) is 28.0. The minimum Gasteiger partial charge on any atom is -0.389 e. The Morgan fingerprint density at radius 1 is 1.71 bits per heavy atom. The number of nitrogens with two attached hydrogens (primary N) is 1. The molecule has 1 aromatic heterocycles. The minimum atomic E-state index is -0.157. The van der Waals surface area contributed by atoms with Crippen molar-refractivity contribution in [2.75, 3.05) is 11.9 Å². The number of hydrogen-bond donors (Lipinski definition) is 2. The van der Waals surface area contributed by atoms with Crippen LogP contribution in [0.3, 0.4) is 0 Å². The first-order valence-electron chi connectivity index (χ1n) is 5.54. The first-order chi connectivity index (χ1) is 8.03. The molecule has 0 saturated carbocycles. The fourth-order valence-corrected chi connectivity index (χ4v) is 2.06. The summed E-state index contributed by atoms with van der Waals surface area (Å²) in [5.41, 5.74) is 6.22. The maximum Gasteiger partial charge on any atom is 0.159 e. The Balaban J connectivity index is 2.27. The van der Waals surface area contributed by atoms with Gasteiger partial charge in [-0.3, -0.25) is 0 Å². The zero-order valence-corrected chi connectivity index (χ0v) is 10.8. The topological polar surface area (TPSA) is 73.1 Å². The molecule has 1 aliphatic rings. The van der Waals surface area contributed by atoms with Crippen LogP contribution in [0, 0.1) is 0 Å². The predicted molar refractivity (Wildman–Crippen MR) is 70.0 cm³/mol. The Morgan fingerprint density at radius 2 is 2.47 bits per heavy atom. The average molecular weight is 252 g/mol. The Labute approximate surface area is 106 Å². The van der Waals surface area contributed by atoms with Crippen LogP contribution in [0.4, 0.5) is 5.82 Å². The highest BCUT2D eigenvalue weighted by Crippen LogP contribution is 2.29. The molecule has 0 radical (unpaired) electrons. The predicted octanol–water partition coefficient (Wildman–Crippen LogP) is 1.09. The molecule has 6 heteroatoms. The van der Waals surface area contributed by atoms with Crippen LogP contribution in [0.1, 0.15) is 25.8 Å². The minimum absolute atomic E-state index is 0.115. The van der Waals surface area contributed by atoms with Crippen molar-refractivity contribution in [1.29, 1.82) is 0 Å². The van der Waals surface area contributed by atoms with Crippen molar-refractivity contribution in [3.63, 3.8) is 0 Å². The van der Waals surface area contributed by atoms with Gasteiger partial charge in [0.2, 0.25) is 0 Å². The van der Waals surface area contributed by atoms with Gasteiger partial charge in [0.05, 0.1) is 23.4 Å². The first kappa shape index (κ1) is 12.2. The van der Waals surface area contributed by atoms with Crippen LogP contribution >= 0.6 is 12.2 Å². The second kappa shape index (κ2) is 4.54. The van der Waals surface area contributed by atoms with Crippen molar-refractivity contribution in [2.24, 2.45) is 5.73 Å². The summed E-state index contributed by atoms with van der Waals surface area (Å²) in [7, 11) is 0. The maximum atomic E-state index is 5.66. The van der Waals surface area contributed by atoms with Gasteiger partial charge in [0.15, 0.2) is 5.82 Å².